The second-order valence-electron chi connectivity index (χ2n) is 8.68. The number of anilines is 2. The van der Waals surface area contributed by atoms with Crippen molar-refractivity contribution in [3.05, 3.63) is 77.6 Å². The van der Waals surface area contributed by atoms with Crippen LogP contribution in [0, 0.1) is 11.3 Å². The van der Waals surface area contributed by atoms with Crippen LogP contribution in [0.5, 0.6) is 0 Å². The molecule has 35 heavy (non-hydrogen) atoms. The van der Waals surface area contributed by atoms with Gasteiger partial charge in [0.2, 0.25) is 0 Å². The number of nitrogens with zero attached hydrogens (tertiary/aromatic N) is 4. The van der Waals surface area contributed by atoms with Crippen LogP contribution in [-0.2, 0) is 12.6 Å². The average molecular weight is 480 g/mol. The van der Waals surface area contributed by atoms with Gasteiger partial charge in [0.15, 0.2) is 0 Å². The maximum Gasteiger partial charge on any atom is 0.417 e. The zero-order valence-corrected chi connectivity index (χ0v) is 19.4. The van der Waals surface area contributed by atoms with Gasteiger partial charge < -0.3 is 10.6 Å². The number of nitriles is 1. The number of pyridine rings is 1. The average Bonchev–Trinajstić information content (AvgIpc) is 2.87. The van der Waals surface area contributed by atoms with Gasteiger partial charge in [-0.3, -0.25) is 9.88 Å². The van der Waals surface area contributed by atoms with E-state index in [2.05, 4.69) is 9.88 Å². The number of unbranched alkanes of at least 4 members (excludes halogenated alkanes) is 1. The number of nitrogens with two attached hydrogens (primary N) is 1. The predicted octanol–water partition coefficient (Wildman–Crippen LogP) is 5.37. The van der Waals surface area contributed by atoms with Crippen LogP contribution in [0.1, 0.15) is 29.7 Å². The van der Waals surface area contributed by atoms with Crippen LogP contribution in [0.4, 0.5) is 24.5 Å². The highest BCUT2D eigenvalue weighted by Crippen LogP contribution is 2.36. The summed E-state index contributed by atoms with van der Waals surface area (Å²) in [5.74, 6) is 0. The molecular weight excluding hydrogens is 451 g/mol. The van der Waals surface area contributed by atoms with Gasteiger partial charge >= 0.3 is 6.18 Å². The van der Waals surface area contributed by atoms with E-state index in [-0.39, 0.29) is 5.56 Å². The van der Waals surface area contributed by atoms with Crippen molar-refractivity contribution >= 4 is 11.4 Å². The highest BCUT2D eigenvalue weighted by molar-refractivity contribution is 5.77. The third-order valence-corrected chi connectivity index (χ3v) is 6.47. The standard InChI is InChI=1S/C27H28F3N5/c28-27(29,30)23-9-6-11-25(22(23)19-31)35-17-15-34(16-18-35)14-5-4-10-24-26(32)21(12-13-33-24)20-7-2-1-3-8-20/h1-3,6-9,11-13H,4-5,10,14-18,32H2. The van der Waals surface area contributed by atoms with Crippen LogP contribution < -0.4 is 10.6 Å². The summed E-state index contributed by atoms with van der Waals surface area (Å²) in [6.45, 7) is 3.56. The molecule has 2 aromatic carbocycles. The lowest BCUT2D eigenvalue weighted by molar-refractivity contribution is -0.137. The van der Waals surface area contributed by atoms with E-state index in [0.717, 1.165) is 67.5 Å². The normalized spacial score (nSPS) is 14.6. The molecule has 5 nitrogen and oxygen atoms in total. The van der Waals surface area contributed by atoms with Crippen LogP contribution in [0.25, 0.3) is 11.1 Å². The molecule has 0 saturated carbocycles. The maximum atomic E-state index is 13.3. The van der Waals surface area contributed by atoms with E-state index in [0.29, 0.717) is 18.8 Å². The fourth-order valence-electron chi connectivity index (χ4n) is 4.58. The molecule has 0 atom stereocenters. The van der Waals surface area contributed by atoms with Gasteiger partial charge in [0, 0.05) is 37.9 Å². The molecule has 1 aliphatic heterocycles. The van der Waals surface area contributed by atoms with Crippen LogP contribution in [0.2, 0.25) is 0 Å². The first-order valence-electron chi connectivity index (χ1n) is 11.7. The van der Waals surface area contributed by atoms with E-state index in [1.54, 1.807) is 18.3 Å². The highest BCUT2D eigenvalue weighted by Gasteiger charge is 2.35. The zero-order valence-electron chi connectivity index (χ0n) is 19.4. The number of rotatable bonds is 7. The molecule has 182 valence electrons. The Bertz CT molecular complexity index is 1180. The predicted molar refractivity (Wildman–Crippen MR) is 132 cm³/mol. The second-order valence-corrected chi connectivity index (χ2v) is 8.68. The van der Waals surface area contributed by atoms with Crippen LogP contribution in [-0.4, -0.2) is 42.6 Å². The van der Waals surface area contributed by atoms with Gasteiger partial charge in [0.25, 0.3) is 0 Å². The minimum absolute atomic E-state index is 0.295. The van der Waals surface area contributed by atoms with Crippen LogP contribution in [0.3, 0.4) is 0 Å². The molecule has 0 radical (unpaired) electrons. The number of benzene rings is 2. The van der Waals surface area contributed by atoms with Gasteiger partial charge in [-0.25, -0.2) is 0 Å². The Hall–Kier alpha value is -3.57. The lowest BCUT2D eigenvalue weighted by Gasteiger charge is -2.36. The lowest BCUT2D eigenvalue weighted by Crippen LogP contribution is -2.47. The maximum absolute atomic E-state index is 13.3. The summed E-state index contributed by atoms with van der Waals surface area (Å²) >= 11 is 0. The SMILES string of the molecule is N#Cc1c(N2CCN(CCCCc3nccc(-c4ccccc4)c3N)CC2)cccc1C(F)(F)F. The van der Waals surface area contributed by atoms with E-state index in [1.807, 2.05) is 41.3 Å². The Kier molecular flexibility index (Phi) is 7.57. The zero-order chi connectivity index (χ0) is 24.8. The molecule has 0 bridgehead atoms. The van der Waals surface area contributed by atoms with Gasteiger partial charge in [0.05, 0.1) is 28.2 Å². The summed E-state index contributed by atoms with van der Waals surface area (Å²) in [4.78, 5) is 8.67. The van der Waals surface area contributed by atoms with Crippen molar-refractivity contribution in [2.45, 2.75) is 25.4 Å². The number of piperazine rings is 1. The third kappa shape index (κ3) is 5.75. The first-order valence-corrected chi connectivity index (χ1v) is 11.7. The molecule has 0 spiro atoms. The largest absolute Gasteiger partial charge is 0.417 e. The summed E-state index contributed by atoms with van der Waals surface area (Å²) < 4.78 is 39.9. The molecule has 0 aliphatic carbocycles. The number of hydrogen-bond acceptors (Lipinski definition) is 5. The van der Waals surface area contributed by atoms with Gasteiger partial charge in [-0.05, 0) is 49.6 Å². The Balaban J connectivity index is 1.28. The molecule has 4 rings (SSSR count). The molecule has 1 fully saturated rings. The lowest BCUT2D eigenvalue weighted by atomic mass is 10.0. The van der Waals surface area contributed by atoms with Gasteiger partial charge in [-0.1, -0.05) is 36.4 Å². The summed E-state index contributed by atoms with van der Waals surface area (Å²) in [6.07, 6.45) is -0.0217. The van der Waals surface area contributed by atoms with Crippen LogP contribution in [0.15, 0.2) is 60.8 Å². The van der Waals surface area contributed by atoms with Crippen LogP contribution >= 0.6 is 0 Å². The minimum atomic E-state index is -4.54. The van der Waals surface area contributed by atoms with E-state index < -0.39 is 11.7 Å². The third-order valence-electron chi connectivity index (χ3n) is 6.47. The number of aromatic nitrogens is 1. The number of halogens is 3. The fourth-order valence-corrected chi connectivity index (χ4v) is 4.58. The molecule has 8 heteroatoms. The van der Waals surface area contributed by atoms with Crippen molar-refractivity contribution < 1.29 is 13.2 Å². The van der Waals surface area contributed by atoms with Gasteiger partial charge in [-0.15, -0.1) is 0 Å². The Labute approximate surface area is 203 Å². The first-order chi connectivity index (χ1) is 16.9. The van der Waals surface area contributed by atoms with Crippen molar-refractivity contribution in [1.29, 1.82) is 5.26 Å². The molecule has 2 heterocycles. The van der Waals surface area contributed by atoms with Crippen molar-refractivity contribution in [2.75, 3.05) is 43.4 Å². The number of aryl methyl sites for hydroxylation is 1. The molecule has 3 aromatic rings. The van der Waals surface area contributed by atoms with Gasteiger partial charge in [-0.2, -0.15) is 18.4 Å². The van der Waals surface area contributed by atoms with E-state index in [4.69, 9.17) is 5.73 Å². The first kappa shape index (κ1) is 24.6. The topological polar surface area (TPSA) is 69.2 Å². The van der Waals surface area contributed by atoms with Gasteiger partial charge in [0.1, 0.15) is 6.07 Å². The monoisotopic (exact) mass is 479 g/mol. The molecule has 2 N–H and O–H groups in total. The smallest absolute Gasteiger partial charge is 0.397 e. The highest BCUT2D eigenvalue weighted by atomic mass is 19.4. The summed E-state index contributed by atoms with van der Waals surface area (Å²) in [5.41, 5.74) is 9.30. The molecule has 1 aromatic heterocycles. The second kappa shape index (κ2) is 10.8. The van der Waals surface area contributed by atoms with Crippen molar-refractivity contribution in [2.24, 2.45) is 0 Å². The number of alkyl halides is 3. The molecule has 1 saturated heterocycles. The number of nitrogen functional groups attached to an aromatic ring is 1. The van der Waals surface area contributed by atoms with E-state index >= 15 is 0 Å². The molecule has 1 aliphatic rings. The summed E-state index contributed by atoms with van der Waals surface area (Å²) in [6, 6.07) is 17.7. The van der Waals surface area contributed by atoms with E-state index in [1.165, 1.54) is 6.07 Å². The fraction of sp³-hybridized carbons (Fsp3) is 0.333. The summed E-state index contributed by atoms with van der Waals surface area (Å²) in [5, 5.41) is 9.38. The Morgan fingerprint density at radius 2 is 1.69 bits per heavy atom. The Morgan fingerprint density at radius 3 is 2.37 bits per heavy atom. The van der Waals surface area contributed by atoms with Crippen molar-refractivity contribution in [3.8, 4) is 17.2 Å². The van der Waals surface area contributed by atoms with Crippen molar-refractivity contribution in [3.63, 3.8) is 0 Å². The number of hydrogen-bond donors (Lipinski definition) is 1. The summed E-state index contributed by atoms with van der Waals surface area (Å²) in [7, 11) is 0. The van der Waals surface area contributed by atoms with E-state index in [9.17, 15) is 18.4 Å². The molecule has 0 unspecified atom stereocenters. The quantitative estimate of drug-likeness (QED) is 0.462. The molecular formula is C27H28F3N5. The minimum Gasteiger partial charge on any atom is -0.397 e. The Morgan fingerprint density at radius 1 is 0.943 bits per heavy atom. The van der Waals surface area contributed by atoms with Crippen molar-refractivity contribution in [1.82, 2.24) is 9.88 Å². The molecule has 0 amide bonds.